The van der Waals surface area contributed by atoms with Gasteiger partial charge in [-0.15, -0.1) is 5.10 Å². The fourth-order valence-corrected chi connectivity index (χ4v) is 2.75. The average Bonchev–Trinajstić information content (AvgIpc) is 3.03. The number of carbonyl (C=O) groups excluding carboxylic acids is 1. The molecule has 8 heteroatoms. The highest BCUT2D eigenvalue weighted by atomic mass is 16.6. The number of nitro groups is 1. The first kappa shape index (κ1) is 15.9. The van der Waals surface area contributed by atoms with Gasteiger partial charge in [0.1, 0.15) is 6.10 Å². The number of rotatable bonds is 4. The summed E-state index contributed by atoms with van der Waals surface area (Å²) in [7, 11) is 0. The molecule has 1 unspecified atom stereocenters. The van der Waals surface area contributed by atoms with Crippen molar-refractivity contribution in [1.29, 1.82) is 0 Å². The van der Waals surface area contributed by atoms with Crippen molar-refractivity contribution in [2.24, 2.45) is 0 Å². The van der Waals surface area contributed by atoms with E-state index in [9.17, 15) is 14.9 Å². The molecule has 124 valence electrons. The topological polar surface area (TPSA) is 98.5 Å². The number of ether oxygens (including phenoxy) is 1. The minimum Gasteiger partial charge on any atom is -0.471 e. The lowest BCUT2D eigenvalue weighted by atomic mass is 10.1. The van der Waals surface area contributed by atoms with Crippen LogP contribution in [-0.4, -0.2) is 45.1 Å². The zero-order chi connectivity index (χ0) is 17.1. The summed E-state index contributed by atoms with van der Waals surface area (Å²) in [6.07, 6.45) is 2.07. The Balaban J connectivity index is 1.71. The summed E-state index contributed by atoms with van der Waals surface area (Å²) >= 11 is 0. The van der Waals surface area contributed by atoms with E-state index in [0.29, 0.717) is 36.5 Å². The molecule has 0 aliphatic carbocycles. The lowest BCUT2D eigenvalue weighted by Gasteiger charge is -2.18. The third-order valence-corrected chi connectivity index (χ3v) is 4.00. The summed E-state index contributed by atoms with van der Waals surface area (Å²) in [6, 6.07) is 7.98. The number of aromatic nitrogens is 2. The second-order valence-corrected chi connectivity index (χ2v) is 5.55. The van der Waals surface area contributed by atoms with Crippen LogP contribution in [0.1, 0.15) is 22.3 Å². The number of likely N-dealkylation sites (tertiary alicyclic amines) is 1. The summed E-state index contributed by atoms with van der Waals surface area (Å²) in [5.41, 5.74) is 0.683. The SMILES string of the molecule is Cc1c(C(=O)N2CCC(Oc3cccnn3)C2)cccc1[N+](=O)[O-]. The molecule has 1 aromatic carbocycles. The number of nitro benzene ring substituents is 1. The molecule has 24 heavy (non-hydrogen) atoms. The Morgan fingerprint density at radius 3 is 2.92 bits per heavy atom. The summed E-state index contributed by atoms with van der Waals surface area (Å²) in [4.78, 5) is 24.9. The monoisotopic (exact) mass is 328 g/mol. The lowest BCUT2D eigenvalue weighted by Crippen LogP contribution is -2.31. The Labute approximate surface area is 138 Å². The summed E-state index contributed by atoms with van der Waals surface area (Å²) in [5.74, 6) is 0.199. The van der Waals surface area contributed by atoms with Gasteiger partial charge in [0.15, 0.2) is 0 Å². The first-order valence-corrected chi connectivity index (χ1v) is 7.54. The van der Waals surface area contributed by atoms with E-state index in [4.69, 9.17) is 4.74 Å². The number of nitrogens with zero attached hydrogens (tertiary/aromatic N) is 4. The molecular formula is C16H16N4O4. The molecule has 1 aliphatic rings. The van der Waals surface area contributed by atoms with Gasteiger partial charge in [0.2, 0.25) is 5.88 Å². The van der Waals surface area contributed by atoms with E-state index in [2.05, 4.69) is 10.2 Å². The van der Waals surface area contributed by atoms with Crippen LogP contribution in [0.2, 0.25) is 0 Å². The van der Waals surface area contributed by atoms with Crippen molar-refractivity contribution in [3.63, 3.8) is 0 Å². The molecular weight excluding hydrogens is 312 g/mol. The van der Waals surface area contributed by atoms with Crippen LogP contribution in [-0.2, 0) is 0 Å². The van der Waals surface area contributed by atoms with Crippen LogP contribution >= 0.6 is 0 Å². The maximum absolute atomic E-state index is 12.7. The number of hydrogen-bond acceptors (Lipinski definition) is 6. The van der Waals surface area contributed by atoms with E-state index in [-0.39, 0.29) is 17.7 Å². The molecule has 0 saturated carbocycles. The number of amides is 1. The summed E-state index contributed by atoms with van der Waals surface area (Å²) in [5, 5.41) is 18.6. The van der Waals surface area contributed by atoms with Crippen molar-refractivity contribution >= 4 is 11.6 Å². The minimum absolute atomic E-state index is 0.0487. The zero-order valence-electron chi connectivity index (χ0n) is 13.1. The second-order valence-electron chi connectivity index (χ2n) is 5.55. The van der Waals surface area contributed by atoms with Gasteiger partial charge in [-0.3, -0.25) is 14.9 Å². The predicted octanol–water partition coefficient (Wildman–Crippen LogP) is 1.99. The van der Waals surface area contributed by atoms with E-state index in [1.165, 1.54) is 12.1 Å². The van der Waals surface area contributed by atoms with Crippen LogP contribution < -0.4 is 4.74 Å². The van der Waals surface area contributed by atoms with E-state index in [1.54, 1.807) is 36.2 Å². The maximum atomic E-state index is 12.7. The average molecular weight is 328 g/mol. The molecule has 0 radical (unpaired) electrons. The standard InChI is InChI=1S/C16H16N4O4/c1-11-13(4-2-5-14(11)20(22)23)16(21)19-9-7-12(10-19)24-15-6-3-8-17-18-15/h2-6,8,12H,7,9-10H2,1H3. The zero-order valence-corrected chi connectivity index (χ0v) is 13.1. The molecule has 2 aromatic rings. The van der Waals surface area contributed by atoms with E-state index < -0.39 is 4.92 Å². The quantitative estimate of drug-likeness (QED) is 0.629. The highest BCUT2D eigenvalue weighted by Crippen LogP contribution is 2.24. The first-order valence-electron chi connectivity index (χ1n) is 7.54. The predicted molar refractivity (Wildman–Crippen MR) is 84.8 cm³/mol. The Hall–Kier alpha value is -3.03. The van der Waals surface area contributed by atoms with Gasteiger partial charge in [-0.25, -0.2) is 0 Å². The number of hydrogen-bond donors (Lipinski definition) is 0. The van der Waals surface area contributed by atoms with Crippen LogP contribution in [0.25, 0.3) is 0 Å². The molecule has 1 aliphatic heterocycles. The molecule has 0 spiro atoms. The Kier molecular flexibility index (Phi) is 4.37. The molecule has 8 nitrogen and oxygen atoms in total. The molecule has 1 saturated heterocycles. The Bertz CT molecular complexity index is 766. The smallest absolute Gasteiger partial charge is 0.273 e. The first-order chi connectivity index (χ1) is 11.6. The van der Waals surface area contributed by atoms with Crippen LogP contribution in [0.15, 0.2) is 36.5 Å². The molecule has 2 heterocycles. The second kappa shape index (κ2) is 6.61. The molecule has 0 bridgehead atoms. The van der Waals surface area contributed by atoms with Gasteiger partial charge in [-0.2, -0.15) is 5.10 Å². The third kappa shape index (κ3) is 3.17. The van der Waals surface area contributed by atoms with Gasteiger partial charge in [0.05, 0.1) is 11.5 Å². The molecule has 1 atom stereocenters. The fourth-order valence-electron chi connectivity index (χ4n) is 2.75. The van der Waals surface area contributed by atoms with Crippen LogP contribution in [0.4, 0.5) is 5.69 Å². The summed E-state index contributed by atoms with van der Waals surface area (Å²) in [6.45, 7) is 2.54. The fraction of sp³-hybridized carbons (Fsp3) is 0.312. The van der Waals surface area contributed by atoms with Crippen molar-refractivity contribution < 1.29 is 14.5 Å². The van der Waals surface area contributed by atoms with E-state index >= 15 is 0 Å². The highest BCUT2D eigenvalue weighted by Gasteiger charge is 2.30. The number of carbonyl (C=O) groups is 1. The van der Waals surface area contributed by atoms with Gasteiger partial charge in [-0.05, 0) is 19.1 Å². The Morgan fingerprint density at radius 2 is 2.21 bits per heavy atom. The third-order valence-electron chi connectivity index (χ3n) is 4.00. The molecule has 1 fully saturated rings. The largest absolute Gasteiger partial charge is 0.471 e. The van der Waals surface area contributed by atoms with Gasteiger partial charge in [-0.1, -0.05) is 6.07 Å². The van der Waals surface area contributed by atoms with Crippen LogP contribution in [0.3, 0.4) is 0 Å². The highest BCUT2D eigenvalue weighted by molar-refractivity contribution is 5.96. The van der Waals surface area contributed by atoms with Crippen molar-refractivity contribution in [3.05, 3.63) is 57.8 Å². The van der Waals surface area contributed by atoms with Crippen molar-refractivity contribution in [2.45, 2.75) is 19.4 Å². The molecule has 1 aromatic heterocycles. The van der Waals surface area contributed by atoms with Crippen LogP contribution in [0.5, 0.6) is 5.88 Å². The number of benzene rings is 1. The van der Waals surface area contributed by atoms with Gasteiger partial charge < -0.3 is 9.64 Å². The Morgan fingerprint density at radius 1 is 1.38 bits per heavy atom. The summed E-state index contributed by atoms with van der Waals surface area (Å²) < 4.78 is 5.71. The molecule has 1 amide bonds. The van der Waals surface area contributed by atoms with Crippen LogP contribution in [0, 0.1) is 17.0 Å². The van der Waals surface area contributed by atoms with Crippen molar-refractivity contribution in [3.8, 4) is 5.88 Å². The minimum atomic E-state index is -0.476. The van der Waals surface area contributed by atoms with E-state index in [1.807, 2.05) is 0 Å². The molecule has 3 rings (SSSR count). The normalized spacial score (nSPS) is 16.9. The van der Waals surface area contributed by atoms with Crippen molar-refractivity contribution in [2.75, 3.05) is 13.1 Å². The van der Waals surface area contributed by atoms with Gasteiger partial charge in [0, 0.05) is 42.4 Å². The lowest BCUT2D eigenvalue weighted by molar-refractivity contribution is -0.385. The molecule has 0 N–H and O–H groups in total. The van der Waals surface area contributed by atoms with E-state index in [0.717, 1.165) is 0 Å². The van der Waals surface area contributed by atoms with Gasteiger partial charge >= 0.3 is 0 Å². The van der Waals surface area contributed by atoms with Gasteiger partial charge in [0.25, 0.3) is 11.6 Å². The maximum Gasteiger partial charge on any atom is 0.273 e. The van der Waals surface area contributed by atoms with Crippen molar-refractivity contribution in [1.82, 2.24) is 15.1 Å².